The van der Waals surface area contributed by atoms with Crippen molar-refractivity contribution < 1.29 is 0 Å². The van der Waals surface area contributed by atoms with Crippen molar-refractivity contribution in [3.8, 4) is 0 Å². The highest BCUT2D eigenvalue weighted by atomic mass is 14.4. The third-order valence-corrected chi connectivity index (χ3v) is 3.34. The van der Waals surface area contributed by atoms with Crippen LogP contribution in [0, 0.1) is 23.7 Å². The Morgan fingerprint density at radius 2 is 1.18 bits per heavy atom. The van der Waals surface area contributed by atoms with E-state index in [-0.39, 0.29) is 0 Å². The van der Waals surface area contributed by atoms with Gasteiger partial charge in [0, 0.05) is 0 Å². The summed E-state index contributed by atoms with van der Waals surface area (Å²) in [6.45, 7) is 9.52. The van der Waals surface area contributed by atoms with Gasteiger partial charge in [0.25, 0.3) is 0 Å². The molecule has 0 spiro atoms. The van der Waals surface area contributed by atoms with Crippen LogP contribution in [0.5, 0.6) is 0 Å². The van der Waals surface area contributed by atoms with E-state index in [2.05, 4.69) is 27.7 Å². The van der Waals surface area contributed by atoms with Crippen molar-refractivity contribution in [2.75, 3.05) is 0 Å². The van der Waals surface area contributed by atoms with E-state index in [1.165, 1.54) is 19.3 Å². The molecule has 0 bridgehead atoms. The van der Waals surface area contributed by atoms with Crippen molar-refractivity contribution in [2.24, 2.45) is 23.7 Å². The van der Waals surface area contributed by atoms with Gasteiger partial charge in [-0.05, 0) is 36.5 Å². The van der Waals surface area contributed by atoms with Gasteiger partial charge in [-0.3, -0.25) is 0 Å². The number of hydrogen-bond donors (Lipinski definition) is 0. The smallest absolute Gasteiger partial charge is 0.0360 e. The number of rotatable bonds is 2. The van der Waals surface area contributed by atoms with E-state index in [0.29, 0.717) is 0 Å². The van der Waals surface area contributed by atoms with Crippen LogP contribution in [0.3, 0.4) is 0 Å². The largest absolute Gasteiger partial charge is 0.0625 e. The van der Waals surface area contributed by atoms with Gasteiger partial charge in [0.05, 0.1) is 0 Å². The van der Waals surface area contributed by atoms with Crippen LogP contribution >= 0.6 is 0 Å². The van der Waals surface area contributed by atoms with Gasteiger partial charge in [0.1, 0.15) is 0 Å². The minimum absolute atomic E-state index is 0.907. The van der Waals surface area contributed by atoms with Gasteiger partial charge in [-0.25, -0.2) is 0 Å². The van der Waals surface area contributed by atoms with Gasteiger partial charge < -0.3 is 0 Å². The zero-order valence-corrected chi connectivity index (χ0v) is 8.43. The topological polar surface area (TPSA) is 0 Å². The summed E-state index contributed by atoms with van der Waals surface area (Å²) in [4.78, 5) is 0. The predicted octanol–water partition coefficient (Wildman–Crippen LogP) is 3.71. The van der Waals surface area contributed by atoms with Crippen LogP contribution in [-0.4, -0.2) is 0 Å². The van der Waals surface area contributed by atoms with Gasteiger partial charge in [0.2, 0.25) is 0 Å². The average Bonchev–Trinajstić information content (AvgIpc) is 2.32. The summed E-state index contributed by atoms with van der Waals surface area (Å²) >= 11 is 0. The summed E-state index contributed by atoms with van der Waals surface area (Å²) in [7, 11) is 0. The molecule has 1 fully saturated rings. The Labute approximate surface area is 71.4 Å². The molecule has 0 amide bonds. The summed E-state index contributed by atoms with van der Waals surface area (Å²) in [5.41, 5.74) is 0. The molecular formula is C11H22. The molecule has 1 aliphatic carbocycles. The van der Waals surface area contributed by atoms with Crippen LogP contribution in [0.4, 0.5) is 0 Å². The van der Waals surface area contributed by atoms with Crippen molar-refractivity contribution in [1.29, 1.82) is 0 Å². The van der Waals surface area contributed by atoms with E-state index >= 15 is 0 Å². The van der Waals surface area contributed by atoms with Crippen molar-refractivity contribution >= 4 is 0 Å². The van der Waals surface area contributed by atoms with Crippen LogP contribution in [0.2, 0.25) is 0 Å². The van der Waals surface area contributed by atoms with Crippen molar-refractivity contribution in [3.63, 3.8) is 0 Å². The molecule has 0 heterocycles. The van der Waals surface area contributed by atoms with Gasteiger partial charge in [-0.2, -0.15) is 0 Å². The van der Waals surface area contributed by atoms with Crippen molar-refractivity contribution in [3.05, 3.63) is 0 Å². The Bertz CT molecular complexity index is 99.2. The van der Waals surface area contributed by atoms with E-state index in [1.807, 2.05) is 0 Å². The lowest BCUT2D eigenvalue weighted by Crippen LogP contribution is -2.18. The number of hydrogen-bond acceptors (Lipinski definition) is 0. The van der Waals surface area contributed by atoms with E-state index in [4.69, 9.17) is 0 Å². The molecular weight excluding hydrogens is 132 g/mol. The highest BCUT2D eigenvalue weighted by molar-refractivity contribution is 4.81. The molecule has 0 aliphatic heterocycles. The summed E-state index contributed by atoms with van der Waals surface area (Å²) < 4.78 is 0. The lowest BCUT2D eigenvalue weighted by atomic mass is 9.80. The summed E-state index contributed by atoms with van der Waals surface area (Å²) in [5.74, 6) is 3.86. The molecule has 0 aromatic heterocycles. The van der Waals surface area contributed by atoms with Crippen LogP contribution < -0.4 is 0 Å². The van der Waals surface area contributed by atoms with Gasteiger partial charge >= 0.3 is 0 Å². The monoisotopic (exact) mass is 154 g/mol. The van der Waals surface area contributed by atoms with E-state index in [1.54, 1.807) is 0 Å². The minimum atomic E-state index is 0.907. The molecule has 0 radical (unpaired) electrons. The summed E-state index contributed by atoms with van der Waals surface area (Å²) in [6, 6.07) is 0. The Balaban J connectivity index is 2.51. The molecule has 0 aromatic carbocycles. The highest BCUT2D eigenvalue weighted by Crippen LogP contribution is 2.40. The maximum absolute atomic E-state index is 2.38. The SMILES string of the molecule is CC(C)C1CCC[C@H]1C(C)C. The molecule has 0 heteroatoms. The standard InChI is InChI=1S/C11H22/c1-8(2)10-6-5-7-11(10)9(3)4/h8-11H,5-7H2,1-4H3/t10-,11?/m0/s1. The van der Waals surface area contributed by atoms with Crippen LogP contribution in [0.25, 0.3) is 0 Å². The fraction of sp³-hybridized carbons (Fsp3) is 1.00. The molecule has 1 unspecified atom stereocenters. The van der Waals surface area contributed by atoms with Crippen LogP contribution in [0.1, 0.15) is 47.0 Å². The molecule has 0 N–H and O–H groups in total. The second kappa shape index (κ2) is 3.60. The fourth-order valence-electron chi connectivity index (χ4n) is 2.67. The van der Waals surface area contributed by atoms with Crippen LogP contribution in [0.15, 0.2) is 0 Å². The molecule has 2 atom stereocenters. The van der Waals surface area contributed by atoms with Crippen molar-refractivity contribution in [1.82, 2.24) is 0 Å². The van der Waals surface area contributed by atoms with Crippen molar-refractivity contribution in [2.45, 2.75) is 47.0 Å². The minimum Gasteiger partial charge on any atom is -0.0625 e. The molecule has 0 nitrogen and oxygen atoms in total. The Morgan fingerprint density at radius 3 is 1.45 bits per heavy atom. The van der Waals surface area contributed by atoms with E-state index < -0.39 is 0 Å². The Hall–Kier alpha value is 0. The first-order valence-electron chi connectivity index (χ1n) is 5.13. The normalized spacial score (nSPS) is 32.2. The fourth-order valence-corrected chi connectivity index (χ4v) is 2.67. The molecule has 1 saturated carbocycles. The highest BCUT2D eigenvalue weighted by Gasteiger charge is 2.31. The first-order valence-corrected chi connectivity index (χ1v) is 5.13. The maximum atomic E-state index is 2.38. The average molecular weight is 154 g/mol. The Kier molecular flexibility index (Phi) is 2.98. The summed E-state index contributed by atoms with van der Waals surface area (Å²) in [5, 5.41) is 0. The van der Waals surface area contributed by atoms with Crippen LogP contribution in [-0.2, 0) is 0 Å². The molecule has 66 valence electrons. The van der Waals surface area contributed by atoms with Gasteiger partial charge in [-0.15, -0.1) is 0 Å². The lowest BCUT2D eigenvalue weighted by molar-refractivity contribution is 0.235. The molecule has 0 saturated heterocycles. The van der Waals surface area contributed by atoms with Gasteiger partial charge in [0.15, 0.2) is 0 Å². The maximum Gasteiger partial charge on any atom is -0.0360 e. The molecule has 1 aliphatic rings. The summed E-state index contributed by atoms with van der Waals surface area (Å²) in [6.07, 6.45) is 4.45. The van der Waals surface area contributed by atoms with Gasteiger partial charge in [-0.1, -0.05) is 34.1 Å². The molecule has 11 heavy (non-hydrogen) atoms. The first-order chi connectivity index (χ1) is 5.13. The zero-order valence-electron chi connectivity index (χ0n) is 8.43. The zero-order chi connectivity index (χ0) is 8.43. The molecule has 0 aromatic rings. The first kappa shape index (κ1) is 9.09. The predicted molar refractivity (Wildman–Crippen MR) is 50.5 cm³/mol. The second-order valence-electron chi connectivity index (χ2n) is 4.75. The third-order valence-electron chi connectivity index (χ3n) is 3.34. The lowest BCUT2D eigenvalue weighted by Gasteiger charge is -2.26. The van der Waals surface area contributed by atoms with E-state index in [9.17, 15) is 0 Å². The quantitative estimate of drug-likeness (QED) is 0.568. The van der Waals surface area contributed by atoms with E-state index in [0.717, 1.165) is 23.7 Å². The second-order valence-corrected chi connectivity index (χ2v) is 4.75. The Morgan fingerprint density at radius 1 is 0.818 bits per heavy atom. The molecule has 1 rings (SSSR count). The third kappa shape index (κ3) is 1.98.